The molecule has 1 aromatic rings. The van der Waals surface area contributed by atoms with Crippen LogP contribution in [0, 0.1) is 0 Å². The van der Waals surface area contributed by atoms with E-state index in [2.05, 4.69) is 24.4 Å². The van der Waals surface area contributed by atoms with Crippen molar-refractivity contribution in [1.82, 2.24) is 10.2 Å². The van der Waals surface area contributed by atoms with Gasteiger partial charge in [-0.1, -0.05) is 30.3 Å². The number of carbonyl (C=O) groups excluding carboxylic acids is 1. The molecule has 1 aliphatic rings. The Kier molecular flexibility index (Phi) is 4.15. The molecule has 3 nitrogen and oxygen atoms in total. The van der Waals surface area contributed by atoms with Crippen molar-refractivity contribution in [2.45, 2.75) is 32.4 Å². The minimum absolute atomic E-state index is 0.304. The maximum atomic E-state index is 11.5. The van der Waals surface area contributed by atoms with Crippen LogP contribution in [0.15, 0.2) is 30.3 Å². The van der Waals surface area contributed by atoms with E-state index in [0.29, 0.717) is 11.9 Å². The molecule has 1 amide bonds. The summed E-state index contributed by atoms with van der Waals surface area (Å²) in [5, 5.41) is 3.45. The molecular formula is C14H20N2O. The number of hydrogen-bond donors (Lipinski definition) is 1. The number of amides is 1. The van der Waals surface area contributed by atoms with E-state index in [-0.39, 0.29) is 0 Å². The van der Waals surface area contributed by atoms with Gasteiger partial charge >= 0.3 is 0 Å². The fraction of sp³-hybridized carbons (Fsp3) is 0.500. The number of nitrogens with one attached hydrogen (secondary N) is 1. The molecule has 1 fully saturated rings. The minimum Gasteiger partial charge on any atom is -0.341 e. The topological polar surface area (TPSA) is 32.3 Å². The zero-order valence-electron chi connectivity index (χ0n) is 10.4. The fourth-order valence-electron chi connectivity index (χ4n) is 2.18. The van der Waals surface area contributed by atoms with Crippen LogP contribution >= 0.6 is 0 Å². The van der Waals surface area contributed by atoms with Gasteiger partial charge in [0.05, 0.1) is 0 Å². The highest BCUT2D eigenvalue weighted by atomic mass is 16.2. The summed E-state index contributed by atoms with van der Waals surface area (Å²) in [7, 11) is 0. The molecule has 0 bridgehead atoms. The van der Waals surface area contributed by atoms with E-state index in [1.165, 1.54) is 5.56 Å². The van der Waals surface area contributed by atoms with Crippen LogP contribution in [-0.4, -0.2) is 29.9 Å². The number of rotatable bonds is 5. The third-order valence-corrected chi connectivity index (χ3v) is 3.16. The molecule has 1 aliphatic heterocycles. The van der Waals surface area contributed by atoms with Gasteiger partial charge < -0.3 is 10.2 Å². The van der Waals surface area contributed by atoms with E-state index < -0.39 is 0 Å². The van der Waals surface area contributed by atoms with Gasteiger partial charge in [0.25, 0.3) is 0 Å². The van der Waals surface area contributed by atoms with Gasteiger partial charge in [-0.25, -0.2) is 0 Å². The maximum absolute atomic E-state index is 11.5. The molecule has 0 spiro atoms. The van der Waals surface area contributed by atoms with Gasteiger partial charge in [0.15, 0.2) is 0 Å². The minimum atomic E-state index is 0.304. The standard InChI is InChI=1S/C14H20N2O/c1-12(11-16-9-5-8-14(16)17)15-10-13-6-3-2-4-7-13/h2-4,6-7,12,15H,5,8-11H2,1H3. The highest BCUT2D eigenvalue weighted by Crippen LogP contribution is 2.09. The van der Waals surface area contributed by atoms with Crippen LogP contribution in [0.3, 0.4) is 0 Å². The van der Waals surface area contributed by atoms with Gasteiger partial charge in [0.1, 0.15) is 0 Å². The lowest BCUT2D eigenvalue weighted by Crippen LogP contribution is -2.39. The number of likely N-dealkylation sites (tertiary alicyclic amines) is 1. The Morgan fingerprint density at radius 3 is 2.76 bits per heavy atom. The van der Waals surface area contributed by atoms with Gasteiger partial charge in [-0.15, -0.1) is 0 Å². The first-order valence-electron chi connectivity index (χ1n) is 6.31. The predicted octanol–water partition coefficient (Wildman–Crippen LogP) is 1.79. The van der Waals surface area contributed by atoms with Gasteiger partial charge in [0.2, 0.25) is 5.91 Å². The first-order chi connectivity index (χ1) is 8.25. The normalized spacial score (nSPS) is 17.5. The molecule has 0 radical (unpaired) electrons. The Labute approximate surface area is 103 Å². The predicted molar refractivity (Wildman–Crippen MR) is 68.6 cm³/mol. The van der Waals surface area contributed by atoms with Crippen molar-refractivity contribution in [1.29, 1.82) is 0 Å². The monoisotopic (exact) mass is 232 g/mol. The van der Waals surface area contributed by atoms with Crippen molar-refractivity contribution in [2.75, 3.05) is 13.1 Å². The van der Waals surface area contributed by atoms with E-state index in [0.717, 1.165) is 32.5 Å². The zero-order chi connectivity index (χ0) is 12.1. The van der Waals surface area contributed by atoms with Crippen molar-refractivity contribution < 1.29 is 4.79 Å². The number of benzene rings is 1. The van der Waals surface area contributed by atoms with Crippen molar-refractivity contribution in [2.24, 2.45) is 0 Å². The molecule has 0 aliphatic carbocycles. The van der Waals surface area contributed by atoms with Crippen molar-refractivity contribution in [3.63, 3.8) is 0 Å². The molecular weight excluding hydrogens is 212 g/mol. The van der Waals surface area contributed by atoms with Crippen LogP contribution in [0.2, 0.25) is 0 Å². The van der Waals surface area contributed by atoms with Crippen LogP contribution in [0.25, 0.3) is 0 Å². The first-order valence-corrected chi connectivity index (χ1v) is 6.31. The molecule has 3 heteroatoms. The van der Waals surface area contributed by atoms with E-state index in [1.807, 2.05) is 23.1 Å². The largest absolute Gasteiger partial charge is 0.341 e. The van der Waals surface area contributed by atoms with Crippen LogP contribution in [0.4, 0.5) is 0 Å². The molecule has 1 heterocycles. The maximum Gasteiger partial charge on any atom is 0.222 e. The summed E-state index contributed by atoms with van der Waals surface area (Å²) in [5.41, 5.74) is 1.28. The van der Waals surface area contributed by atoms with Crippen molar-refractivity contribution in [3.05, 3.63) is 35.9 Å². The van der Waals surface area contributed by atoms with Crippen LogP contribution in [0.5, 0.6) is 0 Å². The average Bonchev–Trinajstić information content (AvgIpc) is 2.74. The highest BCUT2D eigenvalue weighted by Gasteiger charge is 2.21. The summed E-state index contributed by atoms with van der Waals surface area (Å²) in [4.78, 5) is 13.4. The molecule has 1 saturated heterocycles. The smallest absolute Gasteiger partial charge is 0.222 e. The molecule has 1 atom stereocenters. The highest BCUT2D eigenvalue weighted by molar-refractivity contribution is 5.78. The average molecular weight is 232 g/mol. The zero-order valence-corrected chi connectivity index (χ0v) is 10.4. The number of hydrogen-bond acceptors (Lipinski definition) is 2. The SMILES string of the molecule is CC(CN1CCCC1=O)NCc1ccccc1. The van der Waals surface area contributed by atoms with Crippen LogP contribution < -0.4 is 5.32 Å². The number of nitrogens with zero attached hydrogens (tertiary/aromatic N) is 1. The molecule has 1 unspecified atom stereocenters. The fourth-order valence-corrected chi connectivity index (χ4v) is 2.18. The van der Waals surface area contributed by atoms with Crippen LogP contribution in [-0.2, 0) is 11.3 Å². The van der Waals surface area contributed by atoms with E-state index >= 15 is 0 Å². The molecule has 17 heavy (non-hydrogen) atoms. The molecule has 0 saturated carbocycles. The molecule has 1 N–H and O–H groups in total. The lowest BCUT2D eigenvalue weighted by atomic mass is 10.2. The summed E-state index contributed by atoms with van der Waals surface area (Å²) in [6.45, 7) is 4.75. The van der Waals surface area contributed by atoms with E-state index in [4.69, 9.17) is 0 Å². The number of carbonyl (C=O) groups is 1. The lowest BCUT2D eigenvalue weighted by Gasteiger charge is -2.21. The second-order valence-electron chi connectivity index (χ2n) is 4.71. The summed E-state index contributed by atoms with van der Waals surface area (Å²) in [6, 6.07) is 10.7. The molecule has 1 aromatic carbocycles. The summed E-state index contributed by atoms with van der Waals surface area (Å²) in [5.74, 6) is 0.304. The Bertz CT molecular complexity index is 364. The molecule has 0 aromatic heterocycles. The summed E-state index contributed by atoms with van der Waals surface area (Å²) in [6.07, 6.45) is 1.75. The Morgan fingerprint density at radius 1 is 1.35 bits per heavy atom. The van der Waals surface area contributed by atoms with Gasteiger partial charge in [-0.05, 0) is 18.9 Å². The van der Waals surface area contributed by atoms with Gasteiger partial charge in [-0.2, -0.15) is 0 Å². The quantitative estimate of drug-likeness (QED) is 0.839. The van der Waals surface area contributed by atoms with Crippen molar-refractivity contribution >= 4 is 5.91 Å². The second-order valence-corrected chi connectivity index (χ2v) is 4.71. The third-order valence-electron chi connectivity index (χ3n) is 3.16. The third kappa shape index (κ3) is 3.56. The Hall–Kier alpha value is -1.35. The first kappa shape index (κ1) is 12.1. The second kappa shape index (κ2) is 5.82. The lowest BCUT2D eigenvalue weighted by molar-refractivity contribution is -0.127. The molecule has 2 rings (SSSR count). The Morgan fingerprint density at radius 2 is 2.12 bits per heavy atom. The van der Waals surface area contributed by atoms with E-state index in [1.54, 1.807) is 0 Å². The van der Waals surface area contributed by atoms with Crippen LogP contribution in [0.1, 0.15) is 25.3 Å². The summed E-state index contributed by atoms with van der Waals surface area (Å²) >= 11 is 0. The Balaban J connectivity index is 1.74. The van der Waals surface area contributed by atoms with Gasteiger partial charge in [-0.3, -0.25) is 4.79 Å². The summed E-state index contributed by atoms with van der Waals surface area (Å²) < 4.78 is 0. The van der Waals surface area contributed by atoms with E-state index in [9.17, 15) is 4.79 Å². The van der Waals surface area contributed by atoms with Crippen molar-refractivity contribution in [3.8, 4) is 0 Å². The van der Waals surface area contributed by atoms with Gasteiger partial charge in [0, 0.05) is 32.1 Å². The molecule has 92 valence electrons.